The first kappa shape index (κ1) is 13.7. The minimum absolute atomic E-state index is 0.360. The van der Waals surface area contributed by atoms with Gasteiger partial charge in [-0.1, -0.05) is 19.8 Å². The van der Waals surface area contributed by atoms with E-state index in [0.717, 1.165) is 12.2 Å². The first-order valence-corrected chi connectivity index (χ1v) is 6.76. The lowest BCUT2D eigenvalue weighted by Gasteiger charge is -2.25. The Bertz CT molecular complexity index is 465. The molecule has 0 heterocycles. The standard InChI is InChI=1S/C15H22N2O2/c1-15(7-3-4-8-15)10-17-13-6-5-11(9-12(13)16)14(18)19-2/h5-6,9,17H,3-4,7-8,10,16H2,1-2H3. The zero-order chi connectivity index (χ0) is 13.9. The Labute approximate surface area is 114 Å². The fraction of sp³-hybridized carbons (Fsp3) is 0.533. The molecule has 1 aromatic carbocycles. The molecule has 2 rings (SSSR count). The van der Waals surface area contributed by atoms with Gasteiger partial charge in [-0.15, -0.1) is 0 Å². The molecule has 0 radical (unpaired) electrons. The SMILES string of the molecule is COC(=O)c1ccc(NCC2(C)CCCC2)c(N)c1. The predicted octanol–water partition coefficient (Wildman–Crippen LogP) is 3.05. The molecule has 1 aliphatic carbocycles. The quantitative estimate of drug-likeness (QED) is 0.646. The van der Waals surface area contributed by atoms with Crippen LogP contribution in [0.25, 0.3) is 0 Å². The van der Waals surface area contributed by atoms with E-state index in [2.05, 4.69) is 17.0 Å². The summed E-state index contributed by atoms with van der Waals surface area (Å²) >= 11 is 0. The van der Waals surface area contributed by atoms with Gasteiger partial charge in [0.2, 0.25) is 0 Å². The van der Waals surface area contributed by atoms with Crippen molar-refractivity contribution >= 4 is 17.3 Å². The first-order valence-electron chi connectivity index (χ1n) is 6.76. The summed E-state index contributed by atoms with van der Waals surface area (Å²) in [4.78, 5) is 11.4. The second-order valence-electron chi connectivity index (χ2n) is 5.66. The number of ether oxygens (including phenoxy) is 1. The van der Waals surface area contributed by atoms with Crippen LogP contribution in [0, 0.1) is 5.41 Å². The van der Waals surface area contributed by atoms with Crippen LogP contribution >= 0.6 is 0 Å². The summed E-state index contributed by atoms with van der Waals surface area (Å²) in [6.45, 7) is 3.24. The monoisotopic (exact) mass is 262 g/mol. The molecule has 1 aliphatic rings. The van der Waals surface area contributed by atoms with E-state index in [1.54, 1.807) is 12.1 Å². The average molecular weight is 262 g/mol. The van der Waals surface area contributed by atoms with Gasteiger partial charge in [-0.3, -0.25) is 0 Å². The number of benzene rings is 1. The van der Waals surface area contributed by atoms with Crippen molar-refractivity contribution < 1.29 is 9.53 Å². The van der Waals surface area contributed by atoms with Crippen molar-refractivity contribution in [2.24, 2.45) is 5.41 Å². The molecule has 0 unspecified atom stereocenters. The minimum atomic E-state index is -0.360. The molecule has 1 aromatic rings. The van der Waals surface area contributed by atoms with E-state index in [-0.39, 0.29) is 5.97 Å². The molecule has 0 aromatic heterocycles. The molecule has 3 N–H and O–H groups in total. The Morgan fingerprint density at radius 3 is 2.68 bits per heavy atom. The second kappa shape index (κ2) is 5.51. The zero-order valence-electron chi connectivity index (χ0n) is 11.7. The van der Waals surface area contributed by atoms with E-state index in [1.165, 1.54) is 32.8 Å². The number of hydrogen-bond acceptors (Lipinski definition) is 4. The summed E-state index contributed by atoms with van der Waals surface area (Å²) < 4.78 is 4.67. The Hall–Kier alpha value is -1.71. The first-order chi connectivity index (χ1) is 9.04. The van der Waals surface area contributed by atoms with E-state index < -0.39 is 0 Å². The molecule has 0 bridgehead atoms. The molecule has 0 amide bonds. The van der Waals surface area contributed by atoms with E-state index in [0.29, 0.717) is 16.7 Å². The summed E-state index contributed by atoms with van der Waals surface area (Å²) in [5.41, 5.74) is 8.30. The number of nitrogens with one attached hydrogen (secondary N) is 1. The molecule has 4 heteroatoms. The molecule has 0 aliphatic heterocycles. The van der Waals surface area contributed by atoms with Gasteiger partial charge in [0.25, 0.3) is 0 Å². The zero-order valence-corrected chi connectivity index (χ0v) is 11.7. The average Bonchev–Trinajstić information content (AvgIpc) is 2.83. The highest BCUT2D eigenvalue weighted by Crippen LogP contribution is 2.37. The molecule has 19 heavy (non-hydrogen) atoms. The smallest absolute Gasteiger partial charge is 0.337 e. The van der Waals surface area contributed by atoms with Gasteiger partial charge in [0.15, 0.2) is 0 Å². The van der Waals surface area contributed by atoms with Crippen molar-refractivity contribution in [1.29, 1.82) is 0 Å². The third-order valence-corrected chi connectivity index (χ3v) is 3.99. The van der Waals surface area contributed by atoms with Gasteiger partial charge in [0, 0.05) is 6.54 Å². The number of nitrogen functional groups attached to an aromatic ring is 1. The van der Waals surface area contributed by atoms with Crippen LogP contribution in [0.5, 0.6) is 0 Å². The van der Waals surface area contributed by atoms with Gasteiger partial charge in [-0.25, -0.2) is 4.79 Å². The van der Waals surface area contributed by atoms with E-state index in [4.69, 9.17) is 5.73 Å². The normalized spacial score (nSPS) is 17.2. The molecule has 0 spiro atoms. The molecule has 0 atom stereocenters. The van der Waals surface area contributed by atoms with Crippen LogP contribution in [-0.4, -0.2) is 19.6 Å². The van der Waals surface area contributed by atoms with E-state index in [1.807, 2.05) is 6.07 Å². The summed E-state index contributed by atoms with van der Waals surface area (Å²) in [7, 11) is 1.37. The predicted molar refractivity (Wildman–Crippen MR) is 77.3 cm³/mol. The number of esters is 1. The van der Waals surface area contributed by atoms with Crippen molar-refractivity contribution in [2.75, 3.05) is 24.7 Å². The maximum absolute atomic E-state index is 11.4. The number of rotatable bonds is 4. The number of anilines is 2. The molecule has 1 saturated carbocycles. The Balaban J connectivity index is 2.03. The number of hydrogen-bond donors (Lipinski definition) is 2. The molecule has 0 saturated heterocycles. The van der Waals surface area contributed by atoms with Gasteiger partial charge in [0.05, 0.1) is 24.0 Å². The van der Waals surface area contributed by atoms with Crippen LogP contribution < -0.4 is 11.1 Å². The van der Waals surface area contributed by atoms with Gasteiger partial charge < -0.3 is 15.8 Å². The summed E-state index contributed by atoms with van der Waals surface area (Å²) in [6.07, 6.45) is 5.16. The van der Waals surface area contributed by atoms with Crippen LogP contribution in [0.15, 0.2) is 18.2 Å². The maximum Gasteiger partial charge on any atom is 0.337 e. The van der Waals surface area contributed by atoms with Gasteiger partial charge in [0.1, 0.15) is 0 Å². The third kappa shape index (κ3) is 3.19. The number of carbonyl (C=O) groups is 1. The lowest BCUT2D eigenvalue weighted by atomic mass is 9.89. The van der Waals surface area contributed by atoms with E-state index >= 15 is 0 Å². The number of carbonyl (C=O) groups excluding carboxylic acids is 1. The van der Waals surface area contributed by atoms with Crippen LogP contribution in [0.3, 0.4) is 0 Å². The third-order valence-electron chi connectivity index (χ3n) is 3.99. The number of nitrogens with two attached hydrogens (primary N) is 1. The lowest BCUT2D eigenvalue weighted by molar-refractivity contribution is 0.0601. The van der Waals surface area contributed by atoms with Crippen LogP contribution in [0.1, 0.15) is 43.0 Å². The van der Waals surface area contributed by atoms with Crippen molar-refractivity contribution in [1.82, 2.24) is 0 Å². The molecular formula is C15H22N2O2. The fourth-order valence-electron chi connectivity index (χ4n) is 2.68. The Kier molecular flexibility index (Phi) is 3.98. The molecule has 1 fully saturated rings. The van der Waals surface area contributed by atoms with Crippen molar-refractivity contribution in [3.63, 3.8) is 0 Å². The van der Waals surface area contributed by atoms with Gasteiger partial charge in [-0.2, -0.15) is 0 Å². The van der Waals surface area contributed by atoms with Gasteiger partial charge in [-0.05, 0) is 36.5 Å². The summed E-state index contributed by atoms with van der Waals surface area (Å²) in [5, 5.41) is 3.40. The van der Waals surface area contributed by atoms with Gasteiger partial charge >= 0.3 is 5.97 Å². The van der Waals surface area contributed by atoms with Crippen LogP contribution in [0.4, 0.5) is 11.4 Å². The highest BCUT2D eigenvalue weighted by atomic mass is 16.5. The largest absolute Gasteiger partial charge is 0.465 e. The minimum Gasteiger partial charge on any atom is -0.465 e. The highest BCUT2D eigenvalue weighted by molar-refractivity contribution is 5.91. The van der Waals surface area contributed by atoms with Crippen LogP contribution in [-0.2, 0) is 4.74 Å². The molecule has 4 nitrogen and oxygen atoms in total. The second-order valence-corrected chi connectivity index (χ2v) is 5.66. The topological polar surface area (TPSA) is 64.3 Å². The number of methoxy groups -OCH3 is 1. The highest BCUT2D eigenvalue weighted by Gasteiger charge is 2.28. The van der Waals surface area contributed by atoms with Crippen molar-refractivity contribution in [3.05, 3.63) is 23.8 Å². The van der Waals surface area contributed by atoms with Crippen molar-refractivity contribution in [3.8, 4) is 0 Å². The fourth-order valence-corrected chi connectivity index (χ4v) is 2.68. The summed E-state index contributed by atoms with van der Waals surface area (Å²) in [5.74, 6) is -0.360. The van der Waals surface area contributed by atoms with Crippen LogP contribution in [0.2, 0.25) is 0 Å². The Morgan fingerprint density at radius 2 is 2.11 bits per heavy atom. The maximum atomic E-state index is 11.4. The van der Waals surface area contributed by atoms with E-state index in [9.17, 15) is 4.79 Å². The summed E-state index contributed by atoms with van der Waals surface area (Å²) in [6, 6.07) is 5.24. The van der Waals surface area contributed by atoms with Crippen molar-refractivity contribution in [2.45, 2.75) is 32.6 Å². The lowest BCUT2D eigenvalue weighted by Crippen LogP contribution is -2.23. The Morgan fingerprint density at radius 1 is 1.42 bits per heavy atom. The molecule has 104 valence electrons. The molecular weight excluding hydrogens is 240 g/mol.